The van der Waals surface area contributed by atoms with Crippen LogP contribution >= 0.6 is 0 Å². The van der Waals surface area contributed by atoms with Crippen molar-refractivity contribution in [3.63, 3.8) is 0 Å². The molecule has 0 aliphatic rings. The standard InChI is InChI=1S/3C10H20O2.Ce/c3*1-10(2,3)8-6-4-5-7-9(11)12;/h3*4-8H2,1-3H3,(H,11,12);/q;;;+3/p-3. The van der Waals surface area contributed by atoms with Crippen molar-refractivity contribution in [2.45, 2.75) is 159 Å². The molecule has 0 spiro atoms. The molecule has 7 heteroatoms. The van der Waals surface area contributed by atoms with Crippen molar-refractivity contribution >= 4 is 17.9 Å². The van der Waals surface area contributed by atoms with Crippen LogP contribution in [0, 0.1) is 58.0 Å². The number of aliphatic carboxylic acids is 3. The van der Waals surface area contributed by atoms with Gasteiger partial charge in [-0.25, -0.2) is 0 Å². The predicted octanol–water partition coefficient (Wildman–Crippen LogP) is 5.20. The number of carboxylic acid groups (broad SMARTS) is 3. The molecule has 0 aromatic carbocycles. The van der Waals surface area contributed by atoms with E-state index in [1.54, 1.807) is 0 Å². The Morgan fingerprint density at radius 2 is 0.595 bits per heavy atom. The fraction of sp³-hybridized carbons (Fsp3) is 0.900. The molecule has 37 heavy (non-hydrogen) atoms. The van der Waals surface area contributed by atoms with E-state index < -0.39 is 17.9 Å². The van der Waals surface area contributed by atoms with Crippen molar-refractivity contribution in [3.8, 4) is 0 Å². The molecule has 0 aliphatic heterocycles. The molecule has 0 bridgehead atoms. The van der Waals surface area contributed by atoms with Gasteiger partial charge in [-0.05, 0) is 74.0 Å². The molecule has 0 aliphatic carbocycles. The van der Waals surface area contributed by atoms with Crippen molar-refractivity contribution in [3.05, 3.63) is 0 Å². The van der Waals surface area contributed by atoms with Crippen LogP contribution in [-0.4, -0.2) is 17.9 Å². The number of rotatable bonds is 15. The Balaban J connectivity index is -0.000000218. The summed E-state index contributed by atoms with van der Waals surface area (Å²) < 4.78 is 0. The average Bonchev–Trinajstić information content (AvgIpc) is 2.65. The fourth-order valence-corrected chi connectivity index (χ4v) is 3.30. The van der Waals surface area contributed by atoms with Crippen molar-refractivity contribution < 1.29 is 71.5 Å². The quantitative estimate of drug-likeness (QED) is 0.224. The molecule has 0 N–H and O–H groups in total. The van der Waals surface area contributed by atoms with Gasteiger partial charge in [0.1, 0.15) is 0 Å². The van der Waals surface area contributed by atoms with Crippen LogP contribution in [0.2, 0.25) is 0 Å². The summed E-state index contributed by atoms with van der Waals surface area (Å²) in [6.45, 7) is 19.8. The van der Waals surface area contributed by atoms with E-state index in [4.69, 9.17) is 0 Å². The topological polar surface area (TPSA) is 120 Å². The average molecular weight is 654 g/mol. The summed E-state index contributed by atoms with van der Waals surface area (Å²) >= 11 is 0. The molecule has 0 heterocycles. The Morgan fingerprint density at radius 3 is 0.730 bits per heavy atom. The van der Waals surface area contributed by atoms with Gasteiger partial charge in [0.05, 0.1) is 0 Å². The molecule has 0 saturated carbocycles. The number of unbranched alkanes of at least 4 members (excludes halogenated alkanes) is 6. The monoisotopic (exact) mass is 653 g/mol. The molecule has 1 radical (unpaired) electrons. The van der Waals surface area contributed by atoms with Crippen LogP contribution in [-0.2, 0) is 14.4 Å². The maximum atomic E-state index is 10.0. The van der Waals surface area contributed by atoms with Gasteiger partial charge in [-0.15, -0.1) is 0 Å². The summed E-state index contributed by atoms with van der Waals surface area (Å²) in [7, 11) is 0. The van der Waals surface area contributed by atoms with Gasteiger partial charge >= 0.3 is 41.7 Å². The van der Waals surface area contributed by atoms with Crippen LogP contribution in [0.4, 0.5) is 0 Å². The summed E-state index contributed by atoms with van der Waals surface area (Å²) in [5, 5.41) is 30.1. The third kappa shape index (κ3) is 56.9. The minimum absolute atomic E-state index is 0. The van der Waals surface area contributed by atoms with E-state index >= 15 is 0 Å². The van der Waals surface area contributed by atoms with Gasteiger partial charge in [0.15, 0.2) is 0 Å². The second-order valence-electron chi connectivity index (χ2n) is 13.5. The van der Waals surface area contributed by atoms with Gasteiger partial charge in [0.25, 0.3) is 0 Å². The Morgan fingerprint density at radius 1 is 0.405 bits per heavy atom. The summed E-state index contributed by atoms with van der Waals surface area (Å²) in [5.41, 5.74) is 1.13. The van der Waals surface area contributed by atoms with Crippen molar-refractivity contribution in [2.24, 2.45) is 16.2 Å². The maximum absolute atomic E-state index is 10.0. The first-order valence-corrected chi connectivity index (χ1v) is 13.8. The molecule has 0 amide bonds. The number of carboxylic acids is 3. The Labute approximate surface area is 262 Å². The van der Waals surface area contributed by atoms with E-state index in [1.807, 2.05) is 0 Å². The van der Waals surface area contributed by atoms with E-state index in [0.717, 1.165) is 57.8 Å². The summed E-state index contributed by atoms with van der Waals surface area (Å²) in [6.07, 6.45) is 12.8. The van der Waals surface area contributed by atoms with Crippen molar-refractivity contribution in [2.75, 3.05) is 0 Å². The van der Waals surface area contributed by atoms with Gasteiger partial charge in [-0.3, -0.25) is 0 Å². The first kappa shape index (κ1) is 43.8. The van der Waals surface area contributed by atoms with E-state index in [9.17, 15) is 29.7 Å². The van der Waals surface area contributed by atoms with Crippen molar-refractivity contribution in [1.29, 1.82) is 0 Å². The minimum Gasteiger partial charge on any atom is -0.550 e. The third-order valence-electron chi connectivity index (χ3n) is 5.42. The van der Waals surface area contributed by atoms with E-state index in [2.05, 4.69) is 62.3 Å². The Hall–Kier alpha value is -0.213. The zero-order valence-corrected chi connectivity index (χ0v) is 28.7. The summed E-state index contributed by atoms with van der Waals surface area (Å²) in [6, 6.07) is 0. The molecule has 0 unspecified atom stereocenters. The summed E-state index contributed by atoms with van der Waals surface area (Å²) in [5.74, 6) is -2.78. The van der Waals surface area contributed by atoms with E-state index in [0.29, 0.717) is 16.2 Å². The second kappa shape index (κ2) is 24.8. The predicted molar refractivity (Wildman–Crippen MR) is 143 cm³/mol. The van der Waals surface area contributed by atoms with Gasteiger partial charge in [-0.2, -0.15) is 0 Å². The first-order valence-electron chi connectivity index (χ1n) is 13.8. The van der Waals surface area contributed by atoms with E-state index in [-0.39, 0.29) is 61.0 Å². The van der Waals surface area contributed by atoms with Crippen LogP contribution in [0.25, 0.3) is 0 Å². The molecular formula is C30H57CeO6. The zero-order chi connectivity index (χ0) is 28.8. The third-order valence-corrected chi connectivity index (χ3v) is 5.42. The molecular weight excluding hydrogens is 596 g/mol. The molecule has 0 rings (SSSR count). The SMILES string of the molecule is CC(C)(C)CCCCCC(=O)[O-].CC(C)(C)CCCCCC(=O)[O-].CC(C)(C)CCCCCC(=O)[O-].[Ce+3]. The second-order valence-corrected chi connectivity index (χ2v) is 13.5. The molecule has 217 valence electrons. The Kier molecular flexibility index (Phi) is 29.4. The molecule has 0 fully saturated rings. The van der Waals surface area contributed by atoms with Crippen LogP contribution in [0.1, 0.15) is 159 Å². The molecule has 0 aromatic heterocycles. The van der Waals surface area contributed by atoms with Gasteiger partial charge in [0, 0.05) is 17.9 Å². The maximum Gasteiger partial charge on any atom is 3.00 e. The van der Waals surface area contributed by atoms with Crippen LogP contribution in [0.15, 0.2) is 0 Å². The Bertz CT molecular complexity index is 487. The molecule has 0 aromatic rings. The van der Waals surface area contributed by atoms with E-state index in [1.165, 1.54) is 19.3 Å². The van der Waals surface area contributed by atoms with Gasteiger partial charge in [-0.1, -0.05) is 101 Å². The van der Waals surface area contributed by atoms with Crippen molar-refractivity contribution in [1.82, 2.24) is 0 Å². The smallest absolute Gasteiger partial charge is 0.550 e. The molecule has 0 atom stereocenters. The summed E-state index contributed by atoms with van der Waals surface area (Å²) in [4.78, 5) is 30.1. The number of carbonyl (C=O) groups is 3. The largest absolute Gasteiger partial charge is 3.00 e. The molecule has 6 nitrogen and oxygen atoms in total. The number of hydrogen-bond acceptors (Lipinski definition) is 6. The van der Waals surface area contributed by atoms with Crippen LogP contribution < -0.4 is 15.3 Å². The first-order chi connectivity index (χ1) is 16.2. The van der Waals surface area contributed by atoms with Gasteiger partial charge in [0.2, 0.25) is 0 Å². The minimum atomic E-state index is -0.925. The number of hydrogen-bond donors (Lipinski definition) is 0. The van der Waals surface area contributed by atoms with Crippen LogP contribution in [0.3, 0.4) is 0 Å². The van der Waals surface area contributed by atoms with Gasteiger partial charge < -0.3 is 29.7 Å². The number of carbonyl (C=O) groups excluding carboxylic acids is 3. The zero-order valence-electron chi connectivity index (χ0n) is 25.6. The molecule has 0 saturated heterocycles. The van der Waals surface area contributed by atoms with Crippen LogP contribution in [0.5, 0.6) is 0 Å². The fourth-order valence-electron chi connectivity index (χ4n) is 3.30. The normalized spacial score (nSPS) is 11.3.